The maximum atomic E-state index is 10.7. The lowest BCUT2D eigenvalue weighted by atomic mass is 10.2. The summed E-state index contributed by atoms with van der Waals surface area (Å²) in [6.07, 6.45) is 0.935. The maximum Gasteiger partial charge on any atom is 0.371 e. The molecule has 5 nitrogen and oxygen atoms in total. The van der Waals surface area contributed by atoms with E-state index < -0.39 is 5.97 Å². The van der Waals surface area contributed by atoms with Gasteiger partial charge in [-0.1, -0.05) is 6.92 Å². The van der Waals surface area contributed by atoms with Crippen molar-refractivity contribution in [2.24, 2.45) is 0 Å². The highest BCUT2D eigenvalue weighted by molar-refractivity contribution is 5.84. The Kier molecular flexibility index (Phi) is 5.18. The molecule has 0 fully saturated rings. The molecule has 96 valence electrons. The molecule has 1 heterocycles. The second-order valence-corrected chi connectivity index (χ2v) is 3.96. The number of furan rings is 1. The van der Waals surface area contributed by atoms with Crippen molar-refractivity contribution < 1.29 is 19.1 Å². The molecule has 1 aromatic heterocycles. The number of aromatic carboxylic acids is 1. The maximum absolute atomic E-state index is 10.7. The minimum absolute atomic E-state index is 0.0339. The fourth-order valence-electron chi connectivity index (χ4n) is 1.62. The molecule has 0 amide bonds. The molecule has 2 unspecified atom stereocenters. The molecular formula is C12H19NO4. The van der Waals surface area contributed by atoms with Crippen LogP contribution in [0.15, 0.2) is 16.5 Å². The summed E-state index contributed by atoms with van der Waals surface area (Å²) in [5.74, 6) is -0.460. The van der Waals surface area contributed by atoms with Crippen molar-refractivity contribution in [3.05, 3.63) is 23.7 Å². The Morgan fingerprint density at radius 1 is 1.59 bits per heavy atom. The van der Waals surface area contributed by atoms with Crippen LogP contribution in [0.5, 0.6) is 0 Å². The highest BCUT2D eigenvalue weighted by atomic mass is 16.5. The number of carboxylic acid groups (broad SMARTS) is 1. The van der Waals surface area contributed by atoms with Crippen LogP contribution in [-0.4, -0.2) is 30.8 Å². The number of hydrogen-bond acceptors (Lipinski definition) is 4. The van der Waals surface area contributed by atoms with Crippen LogP contribution in [0, 0.1) is 0 Å². The second-order valence-electron chi connectivity index (χ2n) is 3.96. The van der Waals surface area contributed by atoms with Gasteiger partial charge in [0.1, 0.15) is 5.76 Å². The quantitative estimate of drug-likeness (QED) is 0.764. The van der Waals surface area contributed by atoms with Gasteiger partial charge in [0.25, 0.3) is 0 Å². The Bertz CT molecular complexity index is 361. The van der Waals surface area contributed by atoms with E-state index in [1.165, 1.54) is 6.07 Å². The summed E-state index contributed by atoms with van der Waals surface area (Å²) in [5.41, 5.74) is 0. The van der Waals surface area contributed by atoms with E-state index in [-0.39, 0.29) is 17.8 Å². The van der Waals surface area contributed by atoms with Gasteiger partial charge in [-0.05, 0) is 25.5 Å². The van der Waals surface area contributed by atoms with Crippen molar-refractivity contribution in [3.63, 3.8) is 0 Å². The first kappa shape index (κ1) is 13.7. The predicted molar refractivity (Wildman–Crippen MR) is 63.2 cm³/mol. The van der Waals surface area contributed by atoms with Gasteiger partial charge in [-0.2, -0.15) is 0 Å². The second kappa shape index (κ2) is 6.42. The fraction of sp³-hybridized carbons (Fsp3) is 0.583. The van der Waals surface area contributed by atoms with Gasteiger partial charge in [0.2, 0.25) is 5.76 Å². The number of rotatable bonds is 7. The molecule has 1 rings (SSSR count). The summed E-state index contributed by atoms with van der Waals surface area (Å²) in [6, 6.07) is 3.34. The zero-order chi connectivity index (χ0) is 12.8. The number of carboxylic acids is 1. The third-order valence-electron chi connectivity index (χ3n) is 2.61. The van der Waals surface area contributed by atoms with Crippen molar-refractivity contribution in [3.8, 4) is 0 Å². The summed E-state index contributed by atoms with van der Waals surface area (Å²) >= 11 is 0. The van der Waals surface area contributed by atoms with E-state index >= 15 is 0 Å². The molecule has 0 bridgehead atoms. The first-order chi connectivity index (χ1) is 8.08. The summed E-state index contributed by atoms with van der Waals surface area (Å²) in [5, 5.41) is 12.1. The van der Waals surface area contributed by atoms with Crippen molar-refractivity contribution in [2.75, 3.05) is 13.7 Å². The van der Waals surface area contributed by atoms with E-state index in [1.54, 1.807) is 13.2 Å². The number of carbonyl (C=O) groups is 1. The van der Waals surface area contributed by atoms with E-state index in [2.05, 4.69) is 12.2 Å². The highest BCUT2D eigenvalue weighted by Gasteiger charge is 2.16. The molecule has 0 radical (unpaired) electrons. The molecule has 0 aliphatic rings. The van der Waals surface area contributed by atoms with Gasteiger partial charge < -0.3 is 19.6 Å². The van der Waals surface area contributed by atoms with Crippen LogP contribution in [0.2, 0.25) is 0 Å². The first-order valence-corrected chi connectivity index (χ1v) is 5.66. The van der Waals surface area contributed by atoms with Gasteiger partial charge in [0.05, 0.1) is 12.6 Å². The SMILES string of the molecule is CCC(COC)NC(C)c1ccc(C(=O)O)o1. The van der Waals surface area contributed by atoms with E-state index in [0.717, 1.165) is 6.42 Å². The molecule has 1 aromatic rings. The zero-order valence-electron chi connectivity index (χ0n) is 10.4. The smallest absolute Gasteiger partial charge is 0.371 e. The van der Waals surface area contributed by atoms with Crippen LogP contribution in [0.1, 0.15) is 42.6 Å². The molecule has 0 aliphatic heterocycles. The highest BCUT2D eigenvalue weighted by Crippen LogP contribution is 2.17. The van der Waals surface area contributed by atoms with Gasteiger partial charge >= 0.3 is 5.97 Å². The Balaban J connectivity index is 2.61. The van der Waals surface area contributed by atoms with Crippen LogP contribution < -0.4 is 5.32 Å². The molecule has 5 heteroatoms. The van der Waals surface area contributed by atoms with E-state index in [9.17, 15) is 4.79 Å². The van der Waals surface area contributed by atoms with Crippen LogP contribution in [-0.2, 0) is 4.74 Å². The van der Waals surface area contributed by atoms with Gasteiger partial charge in [-0.3, -0.25) is 0 Å². The third kappa shape index (κ3) is 3.87. The molecule has 17 heavy (non-hydrogen) atoms. The molecule has 0 aromatic carbocycles. The Labute approximate surface area is 101 Å². The average molecular weight is 241 g/mol. The van der Waals surface area contributed by atoms with Gasteiger partial charge in [-0.25, -0.2) is 4.79 Å². The molecule has 2 atom stereocenters. The zero-order valence-corrected chi connectivity index (χ0v) is 10.4. The number of ether oxygens (including phenoxy) is 1. The van der Waals surface area contributed by atoms with E-state index in [0.29, 0.717) is 12.4 Å². The lowest BCUT2D eigenvalue weighted by Gasteiger charge is -2.20. The van der Waals surface area contributed by atoms with Crippen LogP contribution in [0.25, 0.3) is 0 Å². The van der Waals surface area contributed by atoms with Crippen LogP contribution >= 0.6 is 0 Å². The molecule has 2 N–H and O–H groups in total. The van der Waals surface area contributed by atoms with Gasteiger partial charge in [0.15, 0.2) is 0 Å². The summed E-state index contributed by atoms with van der Waals surface area (Å²) in [7, 11) is 1.66. The minimum atomic E-state index is -1.05. The minimum Gasteiger partial charge on any atom is -0.475 e. The lowest BCUT2D eigenvalue weighted by Crippen LogP contribution is -2.34. The molecule has 0 spiro atoms. The lowest BCUT2D eigenvalue weighted by molar-refractivity contribution is 0.0659. The van der Waals surface area contributed by atoms with Gasteiger partial charge in [0, 0.05) is 13.2 Å². The third-order valence-corrected chi connectivity index (χ3v) is 2.61. The van der Waals surface area contributed by atoms with Crippen molar-refractivity contribution in [2.45, 2.75) is 32.4 Å². The molecule has 0 saturated carbocycles. The first-order valence-electron chi connectivity index (χ1n) is 5.66. The predicted octanol–water partition coefficient (Wildman–Crippen LogP) is 2.05. The summed E-state index contributed by atoms with van der Waals surface area (Å²) < 4.78 is 10.3. The Morgan fingerprint density at radius 3 is 2.76 bits per heavy atom. The van der Waals surface area contributed by atoms with Gasteiger partial charge in [-0.15, -0.1) is 0 Å². The number of methoxy groups -OCH3 is 1. The normalized spacial score (nSPS) is 14.5. The molecular weight excluding hydrogens is 222 g/mol. The monoisotopic (exact) mass is 241 g/mol. The summed E-state index contributed by atoms with van der Waals surface area (Å²) in [4.78, 5) is 10.7. The van der Waals surface area contributed by atoms with Crippen LogP contribution in [0.3, 0.4) is 0 Å². The molecule has 0 saturated heterocycles. The largest absolute Gasteiger partial charge is 0.475 e. The van der Waals surface area contributed by atoms with Crippen molar-refractivity contribution in [1.29, 1.82) is 0 Å². The van der Waals surface area contributed by atoms with E-state index in [4.69, 9.17) is 14.3 Å². The molecule has 0 aliphatic carbocycles. The van der Waals surface area contributed by atoms with E-state index in [1.807, 2.05) is 6.92 Å². The number of nitrogens with one attached hydrogen (secondary N) is 1. The topological polar surface area (TPSA) is 71.7 Å². The summed E-state index contributed by atoms with van der Waals surface area (Å²) in [6.45, 7) is 4.62. The van der Waals surface area contributed by atoms with Crippen molar-refractivity contribution in [1.82, 2.24) is 5.32 Å². The standard InChI is InChI=1S/C12H19NO4/c1-4-9(7-16-3)13-8(2)10-5-6-11(17-10)12(14)15/h5-6,8-9,13H,4,7H2,1-3H3,(H,14,15). The average Bonchev–Trinajstić information content (AvgIpc) is 2.77. The Hall–Kier alpha value is -1.33. The number of hydrogen-bond donors (Lipinski definition) is 2. The Morgan fingerprint density at radius 2 is 2.29 bits per heavy atom. The fourth-order valence-corrected chi connectivity index (χ4v) is 1.62. The van der Waals surface area contributed by atoms with Crippen LogP contribution in [0.4, 0.5) is 0 Å². The van der Waals surface area contributed by atoms with Crippen molar-refractivity contribution >= 4 is 5.97 Å².